The topological polar surface area (TPSA) is 38.9 Å². The number of aryl methyl sites for hydroxylation is 2. The lowest BCUT2D eigenvalue weighted by Crippen LogP contribution is -2.00. The van der Waals surface area contributed by atoms with Crippen LogP contribution in [0.2, 0.25) is 0 Å². The first-order valence-electron chi connectivity index (χ1n) is 4.80. The van der Waals surface area contributed by atoms with E-state index < -0.39 is 0 Å². The van der Waals surface area contributed by atoms with Crippen molar-refractivity contribution in [3.8, 4) is 0 Å². The smallest absolute Gasteiger partial charge is 0.0632 e. The summed E-state index contributed by atoms with van der Waals surface area (Å²) in [5, 5.41) is 0. The highest BCUT2D eigenvalue weighted by atomic mass is 14.7. The number of nitrogens with zero attached hydrogens (tertiary/aromatic N) is 1. The minimum absolute atomic E-state index is 0.711. The van der Waals surface area contributed by atoms with Crippen molar-refractivity contribution in [2.45, 2.75) is 33.6 Å². The van der Waals surface area contributed by atoms with Crippen LogP contribution in [0, 0.1) is 12.8 Å². The number of anilines is 1. The van der Waals surface area contributed by atoms with E-state index in [0.29, 0.717) is 5.92 Å². The Balaban J connectivity index is 2.67. The molecule has 72 valence electrons. The summed E-state index contributed by atoms with van der Waals surface area (Å²) in [6, 6.07) is 1.99. The highest BCUT2D eigenvalue weighted by Gasteiger charge is 2.02. The minimum atomic E-state index is 0.711. The summed E-state index contributed by atoms with van der Waals surface area (Å²) >= 11 is 0. The van der Waals surface area contributed by atoms with Crippen molar-refractivity contribution in [2.24, 2.45) is 5.92 Å². The largest absolute Gasteiger partial charge is 0.397 e. The molecule has 2 N–H and O–H groups in total. The van der Waals surface area contributed by atoms with Gasteiger partial charge in [-0.3, -0.25) is 4.98 Å². The second-order valence-corrected chi connectivity index (χ2v) is 3.98. The molecule has 0 aliphatic carbocycles. The van der Waals surface area contributed by atoms with Crippen LogP contribution in [-0.4, -0.2) is 4.98 Å². The summed E-state index contributed by atoms with van der Waals surface area (Å²) in [4.78, 5) is 4.32. The molecule has 0 bridgehead atoms. The molecule has 1 heterocycles. The van der Waals surface area contributed by atoms with Crippen LogP contribution in [0.5, 0.6) is 0 Å². The molecule has 1 aromatic heterocycles. The molecule has 0 saturated heterocycles. The van der Waals surface area contributed by atoms with Gasteiger partial charge in [-0.25, -0.2) is 0 Å². The molecule has 0 aliphatic heterocycles. The van der Waals surface area contributed by atoms with Crippen LogP contribution in [0.15, 0.2) is 12.3 Å². The fourth-order valence-electron chi connectivity index (χ4n) is 1.25. The predicted octanol–water partition coefficient (Wildman–Crippen LogP) is 2.56. The van der Waals surface area contributed by atoms with Crippen LogP contribution < -0.4 is 5.73 Å². The average molecular weight is 178 g/mol. The van der Waals surface area contributed by atoms with Crippen molar-refractivity contribution in [1.82, 2.24) is 4.98 Å². The highest BCUT2D eigenvalue weighted by Crippen LogP contribution is 2.14. The van der Waals surface area contributed by atoms with Gasteiger partial charge in [0.05, 0.1) is 11.4 Å². The van der Waals surface area contributed by atoms with Gasteiger partial charge < -0.3 is 5.73 Å². The van der Waals surface area contributed by atoms with Crippen LogP contribution in [0.3, 0.4) is 0 Å². The molecule has 0 aromatic carbocycles. The van der Waals surface area contributed by atoms with Gasteiger partial charge in [0.15, 0.2) is 0 Å². The van der Waals surface area contributed by atoms with E-state index in [1.807, 2.05) is 19.2 Å². The molecular formula is C11H18N2. The zero-order valence-corrected chi connectivity index (χ0v) is 8.67. The Kier molecular flexibility index (Phi) is 3.29. The van der Waals surface area contributed by atoms with Gasteiger partial charge >= 0.3 is 0 Å². The molecule has 0 atom stereocenters. The Morgan fingerprint density at radius 3 is 2.69 bits per heavy atom. The molecule has 2 heteroatoms. The molecule has 0 amide bonds. The Morgan fingerprint density at radius 1 is 1.46 bits per heavy atom. The fraction of sp³-hybridized carbons (Fsp3) is 0.545. The van der Waals surface area contributed by atoms with Gasteiger partial charge in [0.1, 0.15) is 0 Å². The number of pyridine rings is 1. The summed E-state index contributed by atoms with van der Waals surface area (Å²) in [7, 11) is 0. The molecule has 0 aliphatic rings. The van der Waals surface area contributed by atoms with E-state index in [2.05, 4.69) is 18.8 Å². The number of hydrogen-bond donors (Lipinski definition) is 1. The van der Waals surface area contributed by atoms with Crippen molar-refractivity contribution >= 4 is 5.69 Å². The lowest BCUT2D eigenvalue weighted by Gasteiger charge is -2.07. The van der Waals surface area contributed by atoms with E-state index in [-0.39, 0.29) is 0 Å². The first kappa shape index (κ1) is 10.0. The summed E-state index contributed by atoms with van der Waals surface area (Å²) in [5.41, 5.74) is 8.85. The number of aromatic nitrogens is 1. The van der Waals surface area contributed by atoms with Crippen LogP contribution in [0.4, 0.5) is 5.69 Å². The third kappa shape index (κ3) is 3.05. The molecule has 1 rings (SSSR count). The molecule has 0 fully saturated rings. The van der Waals surface area contributed by atoms with Crippen LogP contribution in [0.25, 0.3) is 0 Å². The number of nitrogens with two attached hydrogens (primary N) is 1. The number of hydrogen-bond acceptors (Lipinski definition) is 2. The third-order valence-corrected chi connectivity index (χ3v) is 2.10. The van der Waals surface area contributed by atoms with Crippen LogP contribution in [0.1, 0.15) is 31.5 Å². The Hall–Kier alpha value is -1.05. The quantitative estimate of drug-likeness (QED) is 0.772. The van der Waals surface area contributed by atoms with E-state index in [9.17, 15) is 0 Å². The number of rotatable bonds is 3. The summed E-state index contributed by atoms with van der Waals surface area (Å²) < 4.78 is 0. The third-order valence-electron chi connectivity index (χ3n) is 2.10. The van der Waals surface area contributed by atoms with Gasteiger partial charge in [0, 0.05) is 6.20 Å². The lowest BCUT2D eigenvalue weighted by atomic mass is 10.1. The van der Waals surface area contributed by atoms with Gasteiger partial charge in [-0.15, -0.1) is 0 Å². The maximum atomic E-state index is 5.85. The van der Waals surface area contributed by atoms with E-state index in [0.717, 1.165) is 29.8 Å². The fourth-order valence-corrected chi connectivity index (χ4v) is 1.25. The summed E-state index contributed by atoms with van der Waals surface area (Å²) in [6.45, 7) is 6.43. The monoisotopic (exact) mass is 178 g/mol. The van der Waals surface area contributed by atoms with Crippen molar-refractivity contribution < 1.29 is 0 Å². The zero-order valence-electron chi connectivity index (χ0n) is 8.67. The van der Waals surface area contributed by atoms with E-state index in [1.165, 1.54) is 0 Å². The van der Waals surface area contributed by atoms with Crippen molar-refractivity contribution in [3.05, 3.63) is 23.5 Å². The second-order valence-electron chi connectivity index (χ2n) is 3.98. The second kappa shape index (κ2) is 4.26. The van der Waals surface area contributed by atoms with E-state index >= 15 is 0 Å². The number of nitrogen functional groups attached to an aromatic ring is 1. The average Bonchev–Trinajstić information content (AvgIpc) is 2.02. The Bertz CT molecular complexity index is 279. The lowest BCUT2D eigenvalue weighted by molar-refractivity contribution is 0.582. The SMILES string of the molecule is Cc1cnc(CCC(C)C)c(N)c1. The molecule has 0 radical (unpaired) electrons. The molecule has 2 nitrogen and oxygen atoms in total. The van der Waals surface area contributed by atoms with Crippen molar-refractivity contribution in [3.63, 3.8) is 0 Å². The molecule has 13 heavy (non-hydrogen) atoms. The van der Waals surface area contributed by atoms with Gasteiger partial charge in [0.25, 0.3) is 0 Å². The first-order chi connectivity index (χ1) is 6.09. The molecular weight excluding hydrogens is 160 g/mol. The van der Waals surface area contributed by atoms with Crippen LogP contribution in [-0.2, 0) is 6.42 Å². The highest BCUT2D eigenvalue weighted by molar-refractivity contribution is 5.44. The molecule has 0 saturated carbocycles. The van der Waals surface area contributed by atoms with Gasteiger partial charge in [-0.05, 0) is 37.3 Å². The van der Waals surface area contributed by atoms with Crippen molar-refractivity contribution in [1.29, 1.82) is 0 Å². The maximum absolute atomic E-state index is 5.85. The molecule has 1 aromatic rings. The Morgan fingerprint density at radius 2 is 2.15 bits per heavy atom. The van der Waals surface area contributed by atoms with Gasteiger partial charge in [0.2, 0.25) is 0 Å². The van der Waals surface area contributed by atoms with E-state index in [1.54, 1.807) is 0 Å². The summed E-state index contributed by atoms with van der Waals surface area (Å²) in [5.74, 6) is 0.711. The minimum Gasteiger partial charge on any atom is -0.397 e. The first-order valence-corrected chi connectivity index (χ1v) is 4.80. The maximum Gasteiger partial charge on any atom is 0.0632 e. The molecule has 0 unspecified atom stereocenters. The Labute approximate surface area is 80.2 Å². The van der Waals surface area contributed by atoms with Crippen molar-refractivity contribution in [2.75, 3.05) is 5.73 Å². The van der Waals surface area contributed by atoms with Gasteiger partial charge in [-0.2, -0.15) is 0 Å². The molecule has 0 spiro atoms. The summed E-state index contributed by atoms with van der Waals surface area (Å²) in [6.07, 6.45) is 4.02. The normalized spacial score (nSPS) is 10.8. The zero-order chi connectivity index (χ0) is 9.84. The predicted molar refractivity (Wildman–Crippen MR) is 56.5 cm³/mol. The van der Waals surface area contributed by atoms with Gasteiger partial charge in [-0.1, -0.05) is 13.8 Å². The van der Waals surface area contributed by atoms with Crippen LogP contribution >= 0.6 is 0 Å². The van der Waals surface area contributed by atoms with E-state index in [4.69, 9.17) is 5.73 Å². The standard InChI is InChI=1S/C11H18N2/c1-8(2)4-5-11-10(12)6-9(3)7-13-11/h6-8H,4-5,12H2,1-3H3.